The molecule has 4 rings (SSSR count). The van der Waals surface area contributed by atoms with E-state index in [1.54, 1.807) is 25.1 Å². The fourth-order valence-corrected chi connectivity index (χ4v) is 4.80. The summed E-state index contributed by atoms with van der Waals surface area (Å²) in [6, 6.07) is 11.7. The molecule has 0 saturated heterocycles. The highest BCUT2D eigenvalue weighted by Gasteiger charge is 2.36. The predicted molar refractivity (Wildman–Crippen MR) is 136 cm³/mol. The second kappa shape index (κ2) is 10.5. The average molecular weight is 528 g/mol. The molecule has 1 fully saturated rings. The number of aryl methyl sites for hydroxylation is 1. The molecule has 1 N–H and O–H groups in total. The zero-order chi connectivity index (χ0) is 26.8. The van der Waals surface area contributed by atoms with Crippen molar-refractivity contribution in [1.29, 1.82) is 0 Å². The van der Waals surface area contributed by atoms with Crippen LogP contribution in [0.3, 0.4) is 0 Å². The van der Waals surface area contributed by atoms with Crippen molar-refractivity contribution < 1.29 is 27.1 Å². The molecule has 37 heavy (non-hydrogen) atoms. The van der Waals surface area contributed by atoms with E-state index in [2.05, 4.69) is 14.7 Å². The molecule has 1 saturated carbocycles. The van der Waals surface area contributed by atoms with Gasteiger partial charge in [-0.15, -0.1) is 0 Å². The number of benzene rings is 1. The molecule has 0 aliphatic heterocycles. The quantitative estimate of drug-likeness (QED) is 0.414. The third-order valence-electron chi connectivity index (χ3n) is 5.97. The molecule has 1 aliphatic rings. The summed E-state index contributed by atoms with van der Waals surface area (Å²) >= 11 is 0. The minimum absolute atomic E-state index is 0.0292. The summed E-state index contributed by atoms with van der Waals surface area (Å²) in [5.41, 5.74) is 0.693. The standard InChI is InChI=1S/C27H30FN3O5S/c1-17(2)16-35-21-14-19(13-20(28)15-21)23-10-9-22(26(30-23)36-27(4)11-6-12-27)25(32)31-37(33,34)24-8-5-7-18(3)29-24/h5,7-10,13-15,17H,6,11-12,16H2,1-4H3,(H,31,32). The summed E-state index contributed by atoms with van der Waals surface area (Å²) in [6.45, 7) is 7.96. The van der Waals surface area contributed by atoms with Crippen molar-refractivity contribution in [3.05, 3.63) is 65.6 Å². The normalized spacial score (nSPS) is 14.6. The van der Waals surface area contributed by atoms with Crippen molar-refractivity contribution in [2.45, 2.75) is 57.6 Å². The molecule has 0 bridgehead atoms. The fraction of sp³-hybridized carbons (Fsp3) is 0.370. The Morgan fingerprint density at radius 1 is 1.14 bits per heavy atom. The molecule has 0 spiro atoms. The number of aromatic nitrogens is 2. The highest BCUT2D eigenvalue weighted by Crippen LogP contribution is 2.37. The number of nitrogens with zero attached hydrogens (tertiary/aromatic N) is 2. The summed E-state index contributed by atoms with van der Waals surface area (Å²) in [6.07, 6.45) is 2.49. The van der Waals surface area contributed by atoms with Crippen LogP contribution < -0.4 is 14.2 Å². The summed E-state index contributed by atoms with van der Waals surface area (Å²) in [4.78, 5) is 21.6. The summed E-state index contributed by atoms with van der Waals surface area (Å²) in [7, 11) is -4.23. The SMILES string of the molecule is Cc1cccc(S(=O)(=O)NC(=O)c2ccc(-c3cc(F)cc(OCC(C)C)c3)nc2OC2(C)CCC2)n1. The van der Waals surface area contributed by atoms with Crippen molar-refractivity contribution in [2.24, 2.45) is 5.92 Å². The van der Waals surface area contributed by atoms with Gasteiger partial charge in [0.05, 0.1) is 12.3 Å². The Kier molecular flexibility index (Phi) is 7.49. The first-order valence-corrected chi connectivity index (χ1v) is 13.6. The van der Waals surface area contributed by atoms with Gasteiger partial charge in [0.1, 0.15) is 22.7 Å². The Morgan fingerprint density at radius 2 is 1.89 bits per heavy atom. The topological polar surface area (TPSA) is 107 Å². The Bertz CT molecular complexity index is 1420. The maximum atomic E-state index is 14.4. The lowest BCUT2D eigenvalue weighted by Crippen LogP contribution is -2.41. The maximum Gasteiger partial charge on any atom is 0.281 e. The van der Waals surface area contributed by atoms with E-state index in [1.807, 2.05) is 20.8 Å². The van der Waals surface area contributed by atoms with Gasteiger partial charge >= 0.3 is 0 Å². The van der Waals surface area contributed by atoms with Gasteiger partial charge in [-0.25, -0.2) is 19.1 Å². The van der Waals surface area contributed by atoms with Gasteiger partial charge in [0.2, 0.25) is 5.88 Å². The smallest absolute Gasteiger partial charge is 0.281 e. The number of rotatable bonds is 9. The van der Waals surface area contributed by atoms with E-state index < -0.39 is 27.3 Å². The highest BCUT2D eigenvalue weighted by molar-refractivity contribution is 7.90. The largest absolute Gasteiger partial charge is 0.493 e. The van der Waals surface area contributed by atoms with Crippen molar-refractivity contribution in [1.82, 2.24) is 14.7 Å². The van der Waals surface area contributed by atoms with Crippen LogP contribution in [0.25, 0.3) is 11.3 Å². The van der Waals surface area contributed by atoms with E-state index in [0.717, 1.165) is 19.3 Å². The number of hydrogen-bond donors (Lipinski definition) is 1. The molecular weight excluding hydrogens is 497 g/mol. The van der Waals surface area contributed by atoms with Crippen LogP contribution in [0.15, 0.2) is 53.6 Å². The van der Waals surface area contributed by atoms with Crippen LogP contribution in [0.1, 0.15) is 56.1 Å². The Morgan fingerprint density at radius 3 is 2.54 bits per heavy atom. The van der Waals surface area contributed by atoms with Gasteiger partial charge in [0, 0.05) is 17.3 Å². The van der Waals surface area contributed by atoms with Gasteiger partial charge in [0.25, 0.3) is 15.9 Å². The predicted octanol–water partition coefficient (Wildman–Crippen LogP) is 5.07. The first-order valence-electron chi connectivity index (χ1n) is 12.1. The van der Waals surface area contributed by atoms with E-state index in [-0.39, 0.29) is 22.4 Å². The summed E-state index contributed by atoms with van der Waals surface area (Å²) in [5, 5.41) is -0.271. The van der Waals surface area contributed by atoms with E-state index in [4.69, 9.17) is 9.47 Å². The average Bonchev–Trinajstić information content (AvgIpc) is 2.81. The molecule has 1 aliphatic carbocycles. The number of halogens is 1. The van der Waals surface area contributed by atoms with E-state index in [1.165, 1.54) is 30.3 Å². The molecule has 196 valence electrons. The molecule has 8 nitrogen and oxygen atoms in total. The second-order valence-electron chi connectivity index (χ2n) is 9.89. The molecule has 3 aromatic rings. The molecular formula is C27H30FN3O5S. The van der Waals surface area contributed by atoms with Crippen molar-refractivity contribution in [3.8, 4) is 22.9 Å². The fourth-order valence-electron chi connectivity index (χ4n) is 3.82. The molecule has 0 radical (unpaired) electrons. The van der Waals surface area contributed by atoms with Gasteiger partial charge in [-0.05, 0) is 75.4 Å². The number of sulfonamides is 1. The Labute approximate surface area is 216 Å². The zero-order valence-electron chi connectivity index (χ0n) is 21.2. The molecule has 0 atom stereocenters. The van der Waals surface area contributed by atoms with E-state index >= 15 is 0 Å². The maximum absolute atomic E-state index is 14.4. The minimum Gasteiger partial charge on any atom is -0.493 e. The third-order valence-corrected chi connectivity index (χ3v) is 7.21. The lowest BCUT2D eigenvalue weighted by atomic mass is 9.82. The van der Waals surface area contributed by atoms with Gasteiger partial charge in [-0.1, -0.05) is 19.9 Å². The Balaban J connectivity index is 1.68. The van der Waals surface area contributed by atoms with E-state index in [9.17, 15) is 17.6 Å². The first kappa shape index (κ1) is 26.5. The number of carbonyl (C=O) groups is 1. The molecule has 2 aromatic heterocycles. The molecule has 1 aromatic carbocycles. The van der Waals surface area contributed by atoms with Gasteiger partial charge in [-0.3, -0.25) is 4.79 Å². The van der Waals surface area contributed by atoms with Crippen LogP contribution >= 0.6 is 0 Å². The van der Waals surface area contributed by atoms with E-state index in [0.29, 0.717) is 29.3 Å². The Hall–Kier alpha value is -3.53. The minimum atomic E-state index is -4.23. The van der Waals surface area contributed by atoms with Crippen LogP contribution in [0.5, 0.6) is 11.6 Å². The number of amides is 1. The van der Waals surface area contributed by atoms with Crippen LogP contribution in [-0.2, 0) is 10.0 Å². The van der Waals surface area contributed by atoms with Gasteiger partial charge in [-0.2, -0.15) is 8.42 Å². The zero-order valence-corrected chi connectivity index (χ0v) is 22.1. The number of hydrogen-bond acceptors (Lipinski definition) is 7. The van der Waals surface area contributed by atoms with Crippen molar-refractivity contribution in [3.63, 3.8) is 0 Å². The number of carbonyl (C=O) groups excluding carboxylic acids is 1. The highest BCUT2D eigenvalue weighted by atomic mass is 32.2. The number of pyridine rings is 2. The van der Waals surface area contributed by atoms with Crippen molar-refractivity contribution >= 4 is 15.9 Å². The second-order valence-corrected chi connectivity index (χ2v) is 11.5. The molecule has 0 unspecified atom stereocenters. The van der Waals surface area contributed by atoms with Gasteiger partial charge < -0.3 is 9.47 Å². The van der Waals surface area contributed by atoms with Crippen LogP contribution in [0, 0.1) is 18.7 Å². The summed E-state index contributed by atoms with van der Waals surface area (Å²) in [5.74, 6) is -0.807. The monoisotopic (exact) mass is 527 g/mol. The van der Waals surface area contributed by atoms with Crippen LogP contribution in [0.2, 0.25) is 0 Å². The number of ether oxygens (including phenoxy) is 2. The first-order chi connectivity index (χ1) is 17.4. The lowest BCUT2D eigenvalue weighted by molar-refractivity contribution is 0.00664. The van der Waals surface area contributed by atoms with Crippen LogP contribution in [-0.4, -0.2) is 36.5 Å². The lowest BCUT2D eigenvalue weighted by Gasteiger charge is -2.38. The third kappa shape index (κ3) is 6.43. The molecule has 10 heteroatoms. The molecule has 1 amide bonds. The summed E-state index contributed by atoms with van der Waals surface area (Å²) < 4.78 is 53.8. The van der Waals surface area contributed by atoms with Gasteiger partial charge in [0.15, 0.2) is 5.03 Å². The number of nitrogens with one attached hydrogen (secondary N) is 1. The molecule has 2 heterocycles. The van der Waals surface area contributed by atoms with Crippen LogP contribution in [0.4, 0.5) is 4.39 Å². The van der Waals surface area contributed by atoms with Crippen molar-refractivity contribution in [2.75, 3.05) is 6.61 Å².